The van der Waals surface area contributed by atoms with E-state index in [1.54, 1.807) is 37.0 Å². The summed E-state index contributed by atoms with van der Waals surface area (Å²) < 4.78 is 39.3. The molecule has 80 heavy (non-hydrogen) atoms. The molecule has 10 aromatic carbocycles. The maximum absolute atomic E-state index is 12.4. The SMILES string of the molecule is CP1N(Cc2ccccc2)c2ccccc2N1Cc1ccccc1.CP1Oc2ccc([N+](=O)[O-])cc2O1.CP1Oc2ccc3ccccc3c2Cc2c(ccc3ccccc23)O1.Cp1oc2ccccc2c(=O)c2ccccc2o1. The van der Waals surface area contributed by atoms with Gasteiger partial charge in [-0.15, -0.1) is 0 Å². The minimum absolute atomic E-state index is 0.0210. The largest absolute Gasteiger partial charge is 0.438 e. The molecule has 0 amide bonds. The number of hydrogen-bond acceptors (Lipinski definition) is 11. The Bertz CT molecular complexity index is 3920. The molecule has 0 saturated carbocycles. The van der Waals surface area contributed by atoms with Crippen molar-refractivity contribution in [1.82, 2.24) is 0 Å². The molecule has 3 aliphatic rings. The van der Waals surface area contributed by atoms with Gasteiger partial charge in [0.05, 0.1) is 41.4 Å². The zero-order valence-corrected chi connectivity index (χ0v) is 47.9. The Balaban J connectivity index is 0.000000116. The summed E-state index contributed by atoms with van der Waals surface area (Å²) in [5.41, 5.74) is 9.05. The molecule has 3 aliphatic heterocycles. The fourth-order valence-corrected chi connectivity index (χ4v) is 14.5. The van der Waals surface area contributed by atoms with E-state index < -0.39 is 37.9 Å². The molecule has 0 aliphatic carbocycles. The highest BCUT2D eigenvalue weighted by molar-refractivity contribution is 7.61. The fraction of sp³-hybridized carbons (Fsp3) is 0.109. The summed E-state index contributed by atoms with van der Waals surface area (Å²) in [6.07, 6.45) is 0.802. The molecule has 16 heteroatoms. The summed E-state index contributed by atoms with van der Waals surface area (Å²) in [5, 5.41) is 16.6. The van der Waals surface area contributed by atoms with Crippen molar-refractivity contribution in [3.8, 4) is 23.0 Å². The van der Waals surface area contributed by atoms with Crippen LogP contribution in [0.15, 0.2) is 238 Å². The van der Waals surface area contributed by atoms with Gasteiger partial charge in [0.15, 0.2) is 11.5 Å². The standard InChI is InChI=1S/C22H17O2P.C21H21N2P.C14H11O3P.C7H6NO4P/c1-25-23-21-12-10-15-6-2-4-8-17(15)19(21)14-20-18-9-5-3-7-16(18)11-13-22(20)24-25;1-24-22(16-18-10-4-2-5-11-18)20-14-8-9-15-21(20)23(24)17-19-12-6-3-7-13-19;1-18-16-12-8-4-2-6-10(12)14(15)11-7-3-5-9-13(11)17-18;1-13-11-6-3-2-5(8(9)10)4-7(6)12-13/h2-13H,14H2,1H3;2-15H,16-17H2,1H3;2-9H,1H3;2-4H,1H3. The van der Waals surface area contributed by atoms with Crippen molar-refractivity contribution >= 4 is 93.5 Å². The van der Waals surface area contributed by atoms with Gasteiger partial charge in [0.1, 0.15) is 22.7 Å². The fourth-order valence-electron chi connectivity index (χ4n) is 9.83. The van der Waals surface area contributed by atoms with Crippen LogP contribution < -0.4 is 32.9 Å². The first-order valence-corrected chi connectivity index (χ1v) is 32.4. The number of nitro groups is 1. The van der Waals surface area contributed by atoms with Gasteiger partial charge >= 0.3 is 0 Å². The number of anilines is 2. The van der Waals surface area contributed by atoms with Gasteiger partial charge in [-0.05, 0) is 93.9 Å². The lowest BCUT2D eigenvalue weighted by molar-refractivity contribution is -0.384. The second-order valence-electron chi connectivity index (χ2n) is 18.8. The van der Waals surface area contributed by atoms with Crippen molar-refractivity contribution in [2.75, 3.05) is 29.3 Å². The molecule has 14 rings (SSSR count). The maximum atomic E-state index is 12.4. The van der Waals surface area contributed by atoms with Gasteiger partial charge in [0.2, 0.25) is 13.4 Å². The molecular formula is C64H55N3O9P4. The molecule has 11 aromatic rings. The first-order valence-electron chi connectivity index (χ1n) is 25.8. The molecule has 12 nitrogen and oxygen atoms in total. The molecular weight excluding hydrogens is 1080 g/mol. The normalized spacial score (nSPS) is 14.1. The van der Waals surface area contributed by atoms with Gasteiger partial charge in [0, 0.05) is 56.7 Å². The Labute approximate surface area is 468 Å². The van der Waals surface area contributed by atoms with Crippen LogP contribution in [0.3, 0.4) is 0 Å². The molecule has 4 heterocycles. The highest BCUT2D eigenvalue weighted by Crippen LogP contribution is 2.58. The van der Waals surface area contributed by atoms with E-state index in [0.717, 1.165) is 31.0 Å². The summed E-state index contributed by atoms with van der Waals surface area (Å²) in [6.45, 7) is 9.97. The Hall–Kier alpha value is -8.22. The van der Waals surface area contributed by atoms with Crippen molar-refractivity contribution in [3.05, 3.63) is 267 Å². The summed E-state index contributed by atoms with van der Waals surface area (Å²) in [4.78, 5) is 22.4. The average molecular weight is 1130 g/mol. The molecule has 0 spiro atoms. The van der Waals surface area contributed by atoms with Crippen molar-refractivity contribution in [3.63, 3.8) is 0 Å². The molecule has 1 unspecified atom stereocenters. The molecule has 400 valence electrons. The Kier molecular flexibility index (Phi) is 16.4. The van der Waals surface area contributed by atoms with E-state index in [2.05, 4.69) is 174 Å². The lowest BCUT2D eigenvalue weighted by atomic mass is 9.93. The van der Waals surface area contributed by atoms with E-state index in [9.17, 15) is 14.9 Å². The van der Waals surface area contributed by atoms with Crippen LogP contribution in [0, 0.1) is 10.1 Å². The number of hydrogen-bond donors (Lipinski definition) is 0. The first kappa shape index (κ1) is 53.8. The first-order chi connectivity index (χ1) is 39.0. The third-order valence-electron chi connectivity index (χ3n) is 13.6. The van der Waals surface area contributed by atoms with Gasteiger partial charge in [0.25, 0.3) is 22.4 Å². The molecule has 0 N–H and O–H groups in total. The van der Waals surface area contributed by atoms with Crippen LogP contribution in [-0.4, -0.2) is 24.9 Å². The van der Waals surface area contributed by atoms with Crippen molar-refractivity contribution in [2.24, 2.45) is 6.66 Å². The summed E-state index contributed by atoms with van der Waals surface area (Å²) in [5.74, 6) is 2.92. The van der Waals surface area contributed by atoms with Gasteiger partial charge in [-0.3, -0.25) is 14.9 Å². The number of nitrogens with zero attached hydrogens (tertiary/aromatic N) is 3. The minimum Gasteiger partial charge on any atom is -0.438 e. The monoisotopic (exact) mass is 1130 g/mol. The molecule has 1 atom stereocenters. The summed E-state index contributed by atoms with van der Waals surface area (Å²) in [6, 6.07) is 74.6. The lowest BCUT2D eigenvalue weighted by Crippen LogP contribution is -2.19. The second-order valence-corrected chi connectivity index (χ2v) is 24.5. The van der Waals surface area contributed by atoms with E-state index in [-0.39, 0.29) is 11.1 Å². The number of nitro benzene ring substituents is 1. The van der Waals surface area contributed by atoms with Crippen LogP contribution in [0.5, 0.6) is 23.0 Å². The Morgan fingerprint density at radius 1 is 0.450 bits per heavy atom. The van der Waals surface area contributed by atoms with Crippen LogP contribution in [0.1, 0.15) is 22.3 Å². The Morgan fingerprint density at radius 3 is 1.34 bits per heavy atom. The van der Waals surface area contributed by atoms with E-state index in [0.29, 0.717) is 33.4 Å². The van der Waals surface area contributed by atoms with Crippen LogP contribution in [0.25, 0.3) is 43.5 Å². The van der Waals surface area contributed by atoms with Crippen LogP contribution >= 0.6 is 33.0 Å². The van der Waals surface area contributed by atoms with E-state index in [1.807, 2.05) is 37.6 Å². The van der Waals surface area contributed by atoms with Crippen molar-refractivity contribution in [1.29, 1.82) is 0 Å². The smallest absolute Gasteiger partial charge is 0.287 e. The number of aryl methyl sites for hydroxylation is 1. The van der Waals surface area contributed by atoms with Crippen LogP contribution in [0.4, 0.5) is 17.1 Å². The number of benzene rings is 10. The lowest BCUT2D eigenvalue weighted by Gasteiger charge is -2.29. The quantitative estimate of drug-likeness (QED) is 0.0927. The zero-order chi connectivity index (χ0) is 55.1. The van der Waals surface area contributed by atoms with Gasteiger partial charge in [-0.2, -0.15) is 0 Å². The number of fused-ring (bicyclic) bond motifs is 10. The van der Waals surface area contributed by atoms with Crippen molar-refractivity contribution < 1.29 is 31.4 Å². The highest BCUT2D eigenvalue weighted by atomic mass is 31.2. The number of non-ortho nitro benzene ring substituents is 1. The summed E-state index contributed by atoms with van der Waals surface area (Å²) in [7, 11) is -3.44. The number of para-hydroxylation sites is 4. The van der Waals surface area contributed by atoms with Crippen LogP contribution in [0.2, 0.25) is 0 Å². The maximum Gasteiger partial charge on any atom is 0.287 e. The highest BCUT2D eigenvalue weighted by Gasteiger charge is 2.33. The predicted molar refractivity (Wildman–Crippen MR) is 330 cm³/mol. The van der Waals surface area contributed by atoms with Gasteiger partial charge in [-0.25, -0.2) is 0 Å². The molecule has 0 fully saturated rings. The van der Waals surface area contributed by atoms with E-state index in [1.165, 1.54) is 67.3 Å². The van der Waals surface area contributed by atoms with Gasteiger partial charge in [-0.1, -0.05) is 158 Å². The molecule has 0 saturated heterocycles. The third-order valence-corrected chi connectivity index (χ3v) is 18.4. The summed E-state index contributed by atoms with van der Waals surface area (Å²) >= 11 is 0. The topological polar surface area (TPSA) is 130 Å². The predicted octanol–water partition coefficient (Wildman–Crippen LogP) is 18.4. The van der Waals surface area contributed by atoms with Crippen molar-refractivity contribution in [2.45, 2.75) is 19.5 Å². The average Bonchev–Trinajstić information content (AvgIpc) is 4.12. The Morgan fingerprint density at radius 2 is 0.850 bits per heavy atom. The molecule has 0 bridgehead atoms. The van der Waals surface area contributed by atoms with E-state index in [4.69, 9.17) is 26.5 Å². The molecule has 0 radical (unpaired) electrons. The van der Waals surface area contributed by atoms with Crippen LogP contribution in [-0.2, 0) is 26.2 Å². The number of rotatable bonds is 5. The zero-order valence-electron chi connectivity index (χ0n) is 44.3. The third kappa shape index (κ3) is 12.0. The van der Waals surface area contributed by atoms with Gasteiger partial charge < -0.3 is 35.8 Å². The van der Waals surface area contributed by atoms with E-state index >= 15 is 0 Å². The second kappa shape index (κ2) is 24.4. The minimum atomic E-state index is -1.08. The molecule has 1 aromatic heterocycles.